The van der Waals surface area contributed by atoms with E-state index < -0.39 is 0 Å². The molecule has 3 aromatic heterocycles. The van der Waals surface area contributed by atoms with E-state index in [1.807, 2.05) is 41.6 Å². The first-order valence-electron chi connectivity index (χ1n) is 7.95. The molecule has 0 N–H and O–H groups in total. The smallest absolute Gasteiger partial charge is 0.292 e. The van der Waals surface area contributed by atoms with Gasteiger partial charge in [0.2, 0.25) is 5.58 Å². The Morgan fingerprint density at radius 3 is 2.75 bits per heavy atom. The van der Waals surface area contributed by atoms with Gasteiger partial charge in [-0.15, -0.1) is 0 Å². The van der Waals surface area contributed by atoms with Crippen LogP contribution in [0.3, 0.4) is 0 Å². The minimum absolute atomic E-state index is 0.301. The SMILES string of the molecule is Cc1ccc2cccc3oc4c(F)c5cc[n+](C)c5n(C)c4c1c23. The summed E-state index contributed by atoms with van der Waals surface area (Å²) in [6.45, 7) is 2.06. The van der Waals surface area contributed by atoms with E-state index in [4.69, 9.17) is 4.42 Å². The number of aromatic nitrogens is 2. The number of rotatable bonds is 0. The maximum absolute atomic E-state index is 15.2. The van der Waals surface area contributed by atoms with Crippen molar-refractivity contribution in [3.05, 3.63) is 54.0 Å². The summed E-state index contributed by atoms with van der Waals surface area (Å²) in [5, 5.41) is 3.77. The molecule has 0 unspecified atom stereocenters. The third kappa shape index (κ3) is 1.48. The Balaban J connectivity index is 2.24. The van der Waals surface area contributed by atoms with Crippen LogP contribution >= 0.6 is 0 Å². The van der Waals surface area contributed by atoms with Crippen LogP contribution in [-0.2, 0) is 14.1 Å². The zero-order valence-corrected chi connectivity index (χ0v) is 13.7. The summed E-state index contributed by atoms with van der Waals surface area (Å²) in [4.78, 5) is 0. The van der Waals surface area contributed by atoms with Crippen molar-refractivity contribution in [2.75, 3.05) is 0 Å². The van der Waals surface area contributed by atoms with Gasteiger partial charge in [-0.2, -0.15) is 0 Å². The lowest BCUT2D eigenvalue weighted by atomic mass is 9.99. The van der Waals surface area contributed by atoms with E-state index in [0.29, 0.717) is 16.6 Å². The van der Waals surface area contributed by atoms with Gasteiger partial charge in [-0.1, -0.05) is 24.3 Å². The third-order valence-corrected chi connectivity index (χ3v) is 5.01. The van der Waals surface area contributed by atoms with Crippen LogP contribution in [0.2, 0.25) is 0 Å². The Bertz CT molecular complexity index is 1290. The predicted octanol–water partition coefficient (Wildman–Crippen LogP) is 4.50. The van der Waals surface area contributed by atoms with Crippen LogP contribution in [-0.4, -0.2) is 4.57 Å². The molecular weight excluding hydrogens is 303 g/mol. The highest BCUT2D eigenvalue weighted by Gasteiger charge is 2.25. The van der Waals surface area contributed by atoms with E-state index in [9.17, 15) is 0 Å². The molecule has 0 aliphatic heterocycles. The van der Waals surface area contributed by atoms with Gasteiger partial charge >= 0.3 is 0 Å². The molecule has 3 heterocycles. The molecule has 0 aliphatic carbocycles. The van der Waals surface area contributed by atoms with Crippen molar-refractivity contribution >= 4 is 43.9 Å². The number of nitrogens with zero attached hydrogens (tertiary/aromatic N) is 2. The number of hydrogen-bond donors (Lipinski definition) is 0. The molecule has 5 aromatic rings. The van der Waals surface area contributed by atoms with Crippen molar-refractivity contribution in [2.24, 2.45) is 14.1 Å². The zero-order valence-electron chi connectivity index (χ0n) is 13.7. The number of aryl methyl sites for hydroxylation is 3. The topological polar surface area (TPSA) is 21.9 Å². The lowest BCUT2D eigenvalue weighted by molar-refractivity contribution is -0.645. The van der Waals surface area contributed by atoms with Crippen molar-refractivity contribution in [1.29, 1.82) is 0 Å². The van der Waals surface area contributed by atoms with Gasteiger partial charge in [0.25, 0.3) is 5.65 Å². The number of halogens is 1. The number of benzene rings is 2. The summed E-state index contributed by atoms with van der Waals surface area (Å²) in [6, 6.07) is 11.9. The molecule has 4 heteroatoms. The number of fused-ring (bicyclic) bond motifs is 3. The number of hydrogen-bond acceptors (Lipinski definition) is 1. The van der Waals surface area contributed by atoms with Crippen LogP contribution in [0, 0.1) is 12.7 Å². The first-order chi connectivity index (χ1) is 11.6. The van der Waals surface area contributed by atoms with Crippen LogP contribution in [0.25, 0.3) is 43.9 Å². The maximum atomic E-state index is 15.2. The summed E-state index contributed by atoms with van der Waals surface area (Å²) < 4.78 is 25.2. The Labute approximate surface area is 137 Å². The van der Waals surface area contributed by atoms with Gasteiger partial charge in [0.1, 0.15) is 11.0 Å². The first-order valence-corrected chi connectivity index (χ1v) is 7.95. The Morgan fingerprint density at radius 1 is 1.08 bits per heavy atom. The molecule has 0 saturated heterocycles. The Kier molecular flexibility index (Phi) is 2.46. The molecule has 24 heavy (non-hydrogen) atoms. The molecule has 0 spiro atoms. The fraction of sp³-hybridized carbons (Fsp3) is 0.150. The molecular formula is C20H16FN2O+. The van der Waals surface area contributed by atoms with Crippen molar-refractivity contribution < 1.29 is 13.4 Å². The third-order valence-electron chi connectivity index (χ3n) is 5.01. The van der Waals surface area contributed by atoms with Gasteiger partial charge in [-0.25, -0.2) is 13.5 Å². The molecule has 2 aromatic carbocycles. The van der Waals surface area contributed by atoms with Gasteiger partial charge in [0, 0.05) is 10.8 Å². The molecule has 0 bridgehead atoms. The molecule has 0 amide bonds. The molecule has 0 saturated carbocycles. The second-order valence-electron chi connectivity index (χ2n) is 6.43. The highest BCUT2D eigenvalue weighted by molar-refractivity contribution is 6.18. The van der Waals surface area contributed by atoms with E-state index in [1.165, 1.54) is 0 Å². The second kappa shape index (κ2) is 4.35. The standard InChI is InChI=1S/C20H16FN2O/c1-11-7-8-12-5-4-6-14-16(12)15(11)18-19(24-14)17(21)13-9-10-22(2)20(13)23(18)3/h4-10H,1-3H3/q+1. The van der Waals surface area contributed by atoms with Crippen LogP contribution in [0.15, 0.2) is 47.0 Å². The Hall–Kier alpha value is -2.88. The van der Waals surface area contributed by atoms with Crippen molar-refractivity contribution in [2.45, 2.75) is 6.92 Å². The lowest BCUT2D eigenvalue weighted by Crippen LogP contribution is -2.28. The van der Waals surface area contributed by atoms with Crippen molar-refractivity contribution in [1.82, 2.24) is 4.57 Å². The molecule has 0 aliphatic rings. The second-order valence-corrected chi connectivity index (χ2v) is 6.43. The Morgan fingerprint density at radius 2 is 1.92 bits per heavy atom. The van der Waals surface area contributed by atoms with E-state index in [0.717, 1.165) is 32.9 Å². The van der Waals surface area contributed by atoms with Crippen molar-refractivity contribution in [3.8, 4) is 0 Å². The largest absolute Gasteiger partial charge is 0.449 e. The zero-order chi connectivity index (χ0) is 16.6. The van der Waals surface area contributed by atoms with Crippen LogP contribution in [0.5, 0.6) is 0 Å². The van der Waals surface area contributed by atoms with E-state index >= 15 is 4.39 Å². The van der Waals surface area contributed by atoms with Crippen LogP contribution in [0.4, 0.5) is 4.39 Å². The van der Waals surface area contributed by atoms with Crippen LogP contribution in [0.1, 0.15) is 5.56 Å². The van der Waals surface area contributed by atoms with Gasteiger partial charge in [-0.3, -0.25) is 0 Å². The van der Waals surface area contributed by atoms with E-state index in [2.05, 4.69) is 25.1 Å². The summed E-state index contributed by atoms with van der Waals surface area (Å²) in [6.07, 6.45) is 1.87. The average molecular weight is 319 g/mol. The van der Waals surface area contributed by atoms with Crippen LogP contribution < -0.4 is 4.57 Å². The normalized spacial score (nSPS) is 12.2. The minimum atomic E-state index is -0.301. The molecule has 0 fully saturated rings. The first kappa shape index (κ1) is 13.5. The van der Waals surface area contributed by atoms with Gasteiger partial charge < -0.3 is 4.42 Å². The number of pyridine rings is 1. The minimum Gasteiger partial charge on any atom is -0.449 e. The van der Waals surface area contributed by atoms with Crippen molar-refractivity contribution in [3.63, 3.8) is 0 Å². The van der Waals surface area contributed by atoms with Gasteiger partial charge in [-0.05, 0) is 30.0 Å². The van der Waals surface area contributed by atoms with E-state index in [1.54, 1.807) is 6.07 Å². The average Bonchev–Trinajstić information content (AvgIpc) is 2.97. The fourth-order valence-electron chi connectivity index (χ4n) is 3.92. The highest BCUT2D eigenvalue weighted by Crippen LogP contribution is 2.38. The molecule has 118 valence electrons. The summed E-state index contributed by atoms with van der Waals surface area (Å²) in [7, 11) is 3.90. The fourth-order valence-corrected chi connectivity index (χ4v) is 3.92. The lowest BCUT2D eigenvalue weighted by Gasteiger charge is -2.12. The van der Waals surface area contributed by atoms with Gasteiger partial charge in [0.15, 0.2) is 11.3 Å². The molecule has 3 nitrogen and oxygen atoms in total. The maximum Gasteiger partial charge on any atom is 0.292 e. The summed E-state index contributed by atoms with van der Waals surface area (Å²) >= 11 is 0. The molecule has 0 atom stereocenters. The molecule has 5 rings (SSSR count). The predicted molar refractivity (Wildman–Crippen MR) is 93.6 cm³/mol. The quantitative estimate of drug-likeness (QED) is 0.234. The monoisotopic (exact) mass is 319 g/mol. The van der Waals surface area contributed by atoms with E-state index in [-0.39, 0.29) is 5.82 Å². The van der Waals surface area contributed by atoms with Gasteiger partial charge in [0.05, 0.1) is 20.3 Å². The summed E-state index contributed by atoms with van der Waals surface area (Å²) in [5.74, 6) is -0.301. The summed E-state index contributed by atoms with van der Waals surface area (Å²) in [5.41, 5.74) is 3.77. The highest BCUT2D eigenvalue weighted by atomic mass is 19.1. The molecule has 0 radical (unpaired) electrons.